The first-order chi connectivity index (χ1) is 14.6. The van der Waals surface area contributed by atoms with Crippen LogP contribution in [-0.2, 0) is 0 Å². The molecule has 3 atom stereocenters. The predicted octanol–water partition coefficient (Wildman–Crippen LogP) is 6.10. The summed E-state index contributed by atoms with van der Waals surface area (Å²) in [7, 11) is 1.83. The van der Waals surface area contributed by atoms with Crippen LogP contribution in [0, 0.1) is 12.8 Å². The Morgan fingerprint density at radius 1 is 1.00 bits per heavy atom. The predicted molar refractivity (Wildman–Crippen MR) is 123 cm³/mol. The molecule has 150 valence electrons. The molecule has 0 spiro atoms. The second kappa shape index (κ2) is 7.49. The lowest BCUT2D eigenvalue weighted by Crippen LogP contribution is -2.30. The van der Waals surface area contributed by atoms with Gasteiger partial charge < -0.3 is 10.2 Å². The number of hydrogen-bond donors (Lipinski definition) is 1. The van der Waals surface area contributed by atoms with Crippen molar-refractivity contribution in [2.24, 2.45) is 5.92 Å². The normalized spacial score (nSPS) is 21.5. The highest BCUT2D eigenvalue weighted by atomic mass is 16.2. The highest BCUT2D eigenvalue weighted by Gasteiger charge is 2.38. The number of nitrogens with one attached hydrogen (secondary N) is 1. The maximum Gasteiger partial charge on any atom is 0.258 e. The van der Waals surface area contributed by atoms with Gasteiger partial charge in [-0.25, -0.2) is 0 Å². The Labute approximate surface area is 178 Å². The van der Waals surface area contributed by atoms with E-state index < -0.39 is 0 Å². The van der Waals surface area contributed by atoms with Gasteiger partial charge in [0, 0.05) is 29.9 Å². The molecule has 0 saturated carbocycles. The molecule has 1 heterocycles. The molecule has 3 nitrogen and oxygen atoms in total. The summed E-state index contributed by atoms with van der Waals surface area (Å²) in [6.07, 6.45) is 5.66. The van der Waals surface area contributed by atoms with Gasteiger partial charge in [-0.1, -0.05) is 60.2 Å². The first kappa shape index (κ1) is 18.7. The summed E-state index contributed by atoms with van der Waals surface area (Å²) < 4.78 is 0. The maximum absolute atomic E-state index is 13.1. The summed E-state index contributed by atoms with van der Waals surface area (Å²) in [5.74, 6) is 0.822. The first-order valence-electron chi connectivity index (χ1n) is 10.6. The minimum atomic E-state index is 0.0168. The number of anilines is 2. The van der Waals surface area contributed by atoms with Crippen LogP contribution in [0.3, 0.4) is 0 Å². The maximum atomic E-state index is 13.1. The minimum absolute atomic E-state index is 0.0168. The second-order valence-corrected chi connectivity index (χ2v) is 8.39. The number of allylic oxidation sites excluding steroid dienone is 2. The van der Waals surface area contributed by atoms with Gasteiger partial charge >= 0.3 is 0 Å². The molecule has 1 aliphatic carbocycles. The number of para-hydroxylation sites is 1. The Kier molecular flexibility index (Phi) is 4.66. The van der Waals surface area contributed by atoms with Crippen molar-refractivity contribution in [2.45, 2.75) is 25.3 Å². The standard InChI is InChI=1S/C27H26N2O/c1-18-11-13-19(14-12-18)26-23-10-6-9-22(23)24-17-20(15-16-25(24)28-26)27(30)29(2)21-7-4-3-5-8-21/h3-9,11-17,22-23,26,28H,10H2,1-2H3. The van der Waals surface area contributed by atoms with Crippen molar-refractivity contribution in [1.29, 1.82) is 0 Å². The van der Waals surface area contributed by atoms with Crippen molar-refractivity contribution >= 4 is 17.3 Å². The molecule has 1 aliphatic heterocycles. The topological polar surface area (TPSA) is 32.3 Å². The fourth-order valence-electron chi connectivity index (χ4n) is 4.79. The lowest BCUT2D eigenvalue weighted by atomic mass is 9.76. The zero-order valence-electron chi connectivity index (χ0n) is 17.4. The van der Waals surface area contributed by atoms with Crippen molar-refractivity contribution in [2.75, 3.05) is 17.3 Å². The van der Waals surface area contributed by atoms with Gasteiger partial charge in [0.25, 0.3) is 5.91 Å². The molecular formula is C27H26N2O. The molecule has 3 unspecified atom stereocenters. The second-order valence-electron chi connectivity index (χ2n) is 8.39. The molecule has 0 aromatic heterocycles. The summed E-state index contributed by atoms with van der Waals surface area (Å²) in [4.78, 5) is 14.8. The SMILES string of the molecule is Cc1ccc(C2Nc3ccc(C(=O)N(C)c4ccccc4)cc3C3C=CCC32)cc1. The number of hydrogen-bond acceptors (Lipinski definition) is 2. The third kappa shape index (κ3) is 3.21. The van der Waals surface area contributed by atoms with Crippen molar-refractivity contribution in [3.8, 4) is 0 Å². The molecule has 3 aromatic carbocycles. The zero-order chi connectivity index (χ0) is 20.7. The molecule has 5 rings (SSSR count). The Morgan fingerprint density at radius 3 is 2.53 bits per heavy atom. The van der Waals surface area contributed by atoms with E-state index >= 15 is 0 Å². The molecule has 0 fully saturated rings. The van der Waals surface area contributed by atoms with Gasteiger partial charge in [-0.2, -0.15) is 0 Å². The van der Waals surface area contributed by atoms with Crippen LogP contribution in [0.25, 0.3) is 0 Å². The van der Waals surface area contributed by atoms with Crippen LogP contribution in [0.15, 0.2) is 84.9 Å². The van der Waals surface area contributed by atoms with Crippen LogP contribution >= 0.6 is 0 Å². The van der Waals surface area contributed by atoms with Crippen LogP contribution < -0.4 is 10.2 Å². The lowest BCUT2D eigenvalue weighted by Gasteiger charge is -2.38. The molecule has 3 aromatic rings. The van der Waals surface area contributed by atoms with E-state index in [2.05, 4.69) is 60.8 Å². The fourth-order valence-corrected chi connectivity index (χ4v) is 4.79. The molecule has 3 heteroatoms. The number of amides is 1. The largest absolute Gasteiger partial charge is 0.378 e. The summed E-state index contributed by atoms with van der Waals surface area (Å²) in [5, 5.41) is 3.77. The third-order valence-corrected chi connectivity index (χ3v) is 6.49. The van der Waals surface area contributed by atoms with E-state index in [1.54, 1.807) is 4.90 Å². The van der Waals surface area contributed by atoms with Crippen LogP contribution in [-0.4, -0.2) is 13.0 Å². The van der Waals surface area contributed by atoms with Gasteiger partial charge in [0.15, 0.2) is 0 Å². The van der Waals surface area contributed by atoms with Gasteiger partial charge in [0.05, 0.1) is 6.04 Å². The number of nitrogens with zero attached hydrogens (tertiary/aromatic N) is 1. The minimum Gasteiger partial charge on any atom is -0.378 e. The highest BCUT2D eigenvalue weighted by Crippen LogP contribution is 2.50. The molecule has 30 heavy (non-hydrogen) atoms. The number of fused-ring (bicyclic) bond motifs is 3. The number of carbonyl (C=O) groups is 1. The van der Waals surface area contributed by atoms with Crippen LogP contribution in [0.4, 0.5) is 11.4 Å². The Balaban J connectivity index is 1.47. The van der Waals surface area contributed by atoms with E-state index in [0.29, 0.717) is 11.8 Å². The van der Waals surface area contributed by atoms with Crippen molar-refractivity contribution in [1.82, 2.24) is 0 Å². The van der Waals surface area contributed by atoms with Gasteiger partial charge in [0.2, 0.25) is 0 Å². The van der Waals surface area contributed by atoms with E-state index in [9.17, 15) is 4.79 Å². The van der Waals surface area contributed by atoms with E-state index in [4.69, 9.17) is 0 Å². The lowest BCUT2D eigenvalue weighted by molar-refractivity contribution is 0.0993. The molecule has 0 bridgehead atoms. The summed E-state index contributed by atoms with van der Waals surface area (Å²) in [5.41, 5.74) is 6.60. The van der Waals surface area contributed by atoms with Gasteiger partial charge in [-0.15, -0.1) is 0 Å². The molecule has 0 radical (unpaired) electrons. The Morgan fingerprint density at radius 2 is 1.77 bits per heavy atom. The molecule has 0 saturated heterocycles. The first-order valence-corrected chi connectivity index (χ1v) is 10.6. The summed E-state index contributed by atoms with van der Waals surface area (Å²) in [6.45, 7) is 2.12. The number of carbonyl (C=O) groups excluding carboxylic acids is 1. The highest BCUT2D eigenvalue weighted by molar-refractivity contribution is 6.06. The van der Waals surface area contributed by atoms with Gasteiger partial charge in [0.1, 0.15) is 0 Å². The molecule has 1 N–H and O–H groups in total. The number of aryl methyl sites for hydroxylation is 1. The number of rotatable bonds is 3. The zero-order valence-corrected chi connectivity index (χ0v) is 17.4. The average molecular weight is 395 g/mol. The quantitative estimate of drug-likeness (QED) is 0.545. The van der Waals surface area contributed by atoms with E-state index in [-0.39, 0.29) is 11.9 Å². The monoisotopic (exact) mass is 394 g/mol. The fraction of sp³-hybridized carbons (Fsp3) is 0.222. The van der Waals surface area contributed by atoms with Gasteiger partial charge in [-0.05, 0) is 60.7 Å². The van der Waals surface area contributed by atoms with Crippen molar-refractivity contribution in [3.05, 3.63) is 107 Å². The van der Waals surface area contributed by atoms with Crippen LogP contribution in [0.2, 0.25) is 0 Å². The van der Waals surface area contributed by atoms with Crippen molar-refractivity contribution < 1.29 is 4.79 Å². The number of benzene rings is 3. The third-order valence-electron chi connectivity index (χ3n) is 6.49. The van der Waals surface area contributed by atoms with Crippen LogP contribution in [0.5, 0.6) is 0 Å². The van der Waals surface area contributed by atoms with E-state index in [0.717, 1.165) is 23.4 Å². The molecule has 1 amide bonds. The van der Waals surface area contributed by atoms with E-state index in [1.807, 2.05) is 43.4 Å². The molecular weight excluding hydrogens is 368 g/mol. The Hall–Kier alpha value is -3.33. The average Bonchev–Trinajstić information content (AvgIpc) is 3.29. The summed E-state index contributed by atoms with van der Waals surface area (Å²) in [6, 6.07) is 25.0. The van der Waals surface area contributed by atoms with Crippen LogP contribution in [0.1, 0.15) is 45.4 Å². The van der Waals surface area contributed by atoms with Crippen molar-refractivity contribution in [3.63, 3.8) is 0 Å². The summed E-state index contributed by atoms with van der Waals surface area (Å²) >= 11 is 0. The van der Waals surface area contributed by atoms with Gasteiger partial charge in [-0.3, -0.25) is 4.79 Å². The Bertz CT molecular complexity index is 1100. The smallest absolute Gasteiger partial charge is 0.258 e. The van der Waals surface area contributed by atoms with E-state index in [1.165, 1.54) is 16.7 Å². The molecule has 2 aliphatic rings.